The van der Waals surface area contributed by atoms with Crippen LogP contribution in [-0.4, -0.2) is 31.0 Å². The van der Waals surface area contributed by atoms with E-state index in [0.717, 1.165) is 35.7 Å². The monoisotopic (exact) mass is 450 g/mol. The molecule has 3 nitrogen and oxygen atoms in total. The van der Waals surface area contributed by atoms with E-state index in [1.54, 1.807) is 11.8 Å². The molecule has 3 rings (SSSR count). The normalized spacial score (nSPS) is 12.6. The predicted octanol–water partition coefficient (Wildman–Crippen LogP) is 7.69. The van der Waals surface area contributed by atoms with Gasteiger partial charge in [-0.25, -0.2) is 4.68 Å². The molecule has 0 bridgehead atoms. The van der Waals surface area contributed by atoms with E-state index in [-0.39, 0.29) is 5.04 Å². The second-order valence-corrected chi connectivity index (χ2v) is 14.9. The van der Waals surface area contributed by atoms with Crippen LogP contribution in [0.1, 0.15) is 32.9 Å². The van der Waals surface area contributed by atoms with E-state index in [0.29, 0.717) is 0 Å². The largest absolute Gasteiger partial charge is 0.417 e. The highest BCUT2D eigenvalue weighted by molar-refractivity contribution is 7.98. The molecule has 0 N–H and O–H groups in total. The molecule has 0 aliphatic carbocycles. The first-order valence-electron chi connectivity index (χ1n) is 10.8. The van der Waals surface area contributed by atoms with Crippen molar-refractivity contribution in [2.45, 2.75) is 50.2 Å². The fourth-order valence-corrected chi connectivity index (χ4v) is 4.49. The van der Waals surface area contributed by atoms with Crippen LogP contribution in [0.2, 0.25) is 18.1 Å². The molecule has 0 saturated carbocycles. The Hall–Kier alpha value is -2.08. The third-order valence-electron chi connectivity index (χ3n) is 5.96. The van der Waals surface area contributed by atoms with Crippen molar-refractivity contribution in [2.75, 3.05) is 12.9 Å². The average Bonchev–Trinajstić information content (AvgIpc) is 3.17. The molecule has 0 aliphatic heterocycles. The molecule has 1 heterocycles. The molecule has 0 aliphatic rings. The molecule has 164 valence electrons. The third-order valence-corrected chi connectivity index (χ3v) is 11.2. The Kier molecular flexibility index (Phi) is 7.62. The zero-order chi connectivity index (χ0) is 22.5. The summed E-state index contributed by atoms with van der Waals surface area (Å²) in [5.41, 5.74) is 4.28. The second-order valence-electron chi connectivity index (χ2n) is 9.23. The molecule has 1 aromatic heterocycles. The highest BCUT2D eigenvalue weighted by Crippen LogP contribution is 2.36. The smallest absolute Gasteiger partial charge is 0.191 e. The number of hydrogen-bond donors (Lipinski definition) is 0. The molecular weight excluding hydrogens is 416 g/mol. The number of nitrogens with zero attached hydrogens (tertiary/aromatic N) is 2. The van der Waals surface area contributed by atoms with Gasteiger partial charge in [-0.15, -0.1) is 11.8 Å². The van der Waals surface area contributed by atoms with Crippen molar-refractivity contribution in [1.29, 1.82) is 0 Å². The van der Waals surface area contributed by atoms with Crippen LogP contribution in [-0.2, 0) is 4.43 Å². The minimum absolute atomic E-state index is 0.242. The first-order chi connectivity index (χ1) is 14.7. The Labute approximate surface area is 192 Å². The molecule has 0 saturated heterocycles. The van der Waals surface area contributed by atoms with Gasteiger partial charge in [-0.2, -0.15) is 5.10 Å². The Morgan fingerprint density at radius 2 is 1.71 bits per heavy atom. The van der Waals surface area contributed by atoms with Gasteiger partial charge in [0.15, 0.2) is 8.32 Å². The molecule has 5 heteroatoms. The summed E-state index contributed by atoms with van der Waals surface area (Å²) in [5, 5.41) is 5.12. The Balaban J connectivity index is 1.78. The number of rotatable bonds is 8. The Morgan fingerprint density at radius 3 is 2.32 bits per heavy atom. The zero-order valence-corrected chi connectivity index (χ0v) is 21.4. The first-order valence-corrected chi connectivity index (χ1v) is 14.9. The maximum Gasteiger partial charge on any atom is 0.191 e. The fourth-order valence-electron chi connectivity index (χ4n) is 3.02. The standard InChI is InChI=1S/C26H34N2OSSi/c1-26(2,3)31(5,6)29-19-11-10-12-22-20-25(21-15-17-24(30-4)18-16-21)28(27-22)23-13-8-7-9-14-23/h7-10,12-18,20H,11,19H2,1-6H3/b12-10+. The summed E-state index contributed by atoms with van der Waals surface area (Å²) in [6, 6.07) is 21.1. The predicted molar refractivity (Wildman–Crippen MR) is 138 cm³/mol. The lowest BCUT2D eigenvalue weighted by Gasteiger charge is -2.36. The van der Waals surface area contributed by atoms with Gasteiger partial charge in [0.05, 0.1) is 17.1 Å². The van der Waals surface area contributed by atoms with E-state index < -0.39 is 8.32 Å². The van der Waals surface area contributed by atoms with Crippen molar-refractivity contribution in [3.05, 3.63) is 72.4 Å². The molecule has 0 radical (unpaired) electrons. The van der Waals surface area contributed by atoms with Crippen LogP contribution >= 0.6 is 11.8 Å². The molecule has 31 heavy (non-hydrogen) atoms. The molecule has 0 amide bonds. The van der Waals surface area contributed by atoms with Crippen LogP contribution in [0.4, 0.5) is 0 Å². The quantitative estimate of drug-likeness (QED) is 0.200. The maximum atomic E-state index is 6.28. The average molecular weight is 451 g/mol. The van der Waals surface area contributed by atoms with Gasteiger partial charge in [-0.05, 0) is 67.2 Å². The van der Waals surface area contributed by atoms with E-state index in [4.69, 9.17) is 9.52 Å². The van der Waals surface area contributed by atoms with E-state index >= 15 is 0 Å². The number of para-hydroxylation sites is 1. The zero-order valence-electron chi connectivity index (χ0n) is 19.6. The third kappa shape index (κ3) is 6.00. The Bertz CT molecular complexity index is 1000. The molecule has 0 atom stereocenters. The minimum atomic E-state index is -1.69. The van der Waals surface area contributed by atoms with Crippen molar-refractivity contribution < 1.29 is 4.43 Å². The van der Waals surface area contributed by atoms with Gasteiger partial charge in [0.25, 0.3) is 0 Å². The van der Waals surface area contributed by atoms with E-state index in [1.165, 1.54) is 4.90 Å². The van der Waals surface area contributed by atoms with Gasteiger partial charge in [0, 0.05) is 17.1 Å². The van der Waals surface area contributed by atoms with Crippen molar-refractivity contribution in [2.24, 2.45) is 0 Å². The SMILES string of the molecule is CSc1ccc(-c2cc(/C=C/CCO[Si](C)(C)C(C)(C)C)nn2-c2ccccc2)cc1. The summed E-state index contributed by atoms with van der Waals surface area (Å²) < 4.78 is 8.31. The molecule has 0 fully saturated rings. The van der Waals surface area contributed by atoms with Crippen LogP contribution in [0.3, 0.4) is 0 Å². The van der Waals surface area contributed by atoms with Gasteiger partial charge in [-0.1, -0.05) is 57.2 Å². The molecule has 0 spiro atoms. The van der Waals surface area contributed by atoms with Crippen LogP contribution in [0, 0.1) is 0 Å². The van der Waals surface area contributed by atoms with Gasteiger partial charge in [-0.3, -0.25) is 0 Å². The minimum Gasteiger partial charge on any atom is -0.417 e. The number of benzene rings is 2. The first kappa shape index (κ1) is 23.6. The molecule has 3 aromatic rings. The molecule has 2 aromatic carbocycles. The van der Waals surface area contributed by atoms with Crippen molar-refractivity contribution in [1.82, 2.24) is 9.78 Å². The highest BCUT2D eigenvalue weighted by Gasteiger charge is 2.36. The summed E-state index contributed by atoms with van der Waals surface area (Å²) in [6.07, 6.45) is 7.27. The van der Waals surface area contributed by atoms with Gasteiger partial charge >= 0.3 is 0 Å². The summed E-state index contributed by atoms with van der Waals surface area (Å²) in [7, 11) is -1.69. The lowest BCUT2D eigenvalue weighted by Crippen LogP contribution is -2.40. The summed E-state index contributed by atoms with van der Waals surface area (Å²) in [6.45, 7) is 12.2. The number of aromatic nitrogens is 2. The summed E-state index contributed by atoms with van der Waals surface area (Å²) >= 11 is 1.75. The van der Waals surface area contributed by atoms with Crippen LogP contribution in [0.25, 0.3) is 23.0 Å². The van der Waals surface area contributed by atoms with Crippen LogP contribution < -0.4 is 0 Å². The maximum absolute atomic E-state index is 6.28. The van der Waals surface area contributed by atoms with Crippen LogP contribution in [0.5, 0.6) is 0 Å². The topological polar surface area (TPSA) is 27.1 Å². The second kappa shape index (κ2) is 10.0. The van der Waals surface area contributed by atoms with Crippen molar-refractivity contribution in [3.8, 4) is 16.9 Å². The van der Waals surface area contributed by atoms with E-state index in [9.17, 15) is 0 Å². The lowest BCUT2D eigenvalue weighted by atomic mass is 10.1. The van der Waals surface area contributed by atoms with Gasteiger partial charge in [0.2, 0.25) is 0 Å². The lowest BCUT2D eigenvalue weighted by molar-refractivity contribution is 0.294. The Morgan fingerprint density at radius 1 is 1.03 bits per heavy atom. The number of hydrogen-bond acceptors (Lipinski definition) is 3. The number of thioether (sulfide) groups is 1. The molecular formula is C26H34N2OSSi. The van der Waals surface area contributed by atoms with Gasteiger partial charge in [0.1, 0.15) is 0 Å². The van der Waals surface area contributed by atoms with Crippen molar-refractivity contribution >= 4 is 26.2 Å². The van der Waals surface area contributed by atoms with E-state index in [1.807, 2.05) is 22.9 Å². The summed E-state index contributed by atoms with van der Waals surface area (Å²) in [5.74, 6) is 0. The van der Waals surface area contributed by atoms with Crippen LogP contribution in [0.15, 0.2) is 71.6 Å². The van der Waals surface area contributed by atoms with Crippen molar-refractivity contribution in [3.63, 3.8) is 0 Å². The van der Waals surface area contributed by atoms with E-state index in [2.05, 4.69) is 94.7 Å². The summed E-state index contributed by atoms with van der Waals surface area (Å²) in [4.78, 5) is 1.26. The molecule has 0 unspecified atom stereocenters. The van der Waals surface area contributed by atoms with Gasteiger partial charge < -0.3 is 4.43 Å². The highest BCUT2D eigenvalue weighted by atomic mass is 32.2. The fraction of sp³-hybridized carbons (Fsp3) is 0.346.